The summed E-state index contributed by atoms with van der Waals surface area (Å²) in [4.78, 5) is 0.470. The van der Waals surface area contributed by atoms with Crippen molar-refractivity contribution in [2.75, 3.05) is 12.3 Å². The van der Waals surface area contributed by atoms with Crippen molar-refractivity contribution in [3.8, 4) is 0 Å². The highest BCUT2D eigenvalue weighted by Crippen LogP contribution is 2.29. The molecule has 0 bridgehead atoms. The Bertz CT molecular complexity index is 584. The van der Waals surface area contributed by atoms with Crippen LogP contribution in [0.3, 0.4) is 0 Å². The number of benzene rings is 2. The van der Waals surface area contributed by atoms with E-state index in [1.165, 1.54) is 36.0 Å². The number of thioether (sulfide) groups is 1. The lowest BCUT2D eigenvalue weighted by molar-refractivity contribution is 0.499. The Kier molecular flexibility index (Phi) is 5.70. The predicted octanol–water partition coefficient (Wildman–Crippen LogP) is 4.55. The van der Waals surface area contributed by atoms with Gasteiger partial charge >= 0.3 is 0 Å². The average Bonchev–Trinajstić information content (AvgIpc) is 2.46. The minimum absolute atomic E-state index is 0.00295. The molecular formula is C16H16F3NS. The predicted molar refractivity (Wildman–Crippen MR) is 79.9 cm³/mol. The molecule has 0 heterocycles. The molecule has 2 aromatic rings. The first-order valence-corrected chi connectivity index (χ1v) is 7.66. The van der Waals surface area contributed by atoms with E-state index in [0.717, 1.165) is 0 Å². The summed E-state index contributed by atoms with van der Waals surface area (Å²) >= 11 is 1.24. The molecule has 1 atom stereocenters. The highest BCUT2D eigenvalue weighted by Gasteiger charge is 2.20. The van der Waals surface area contributed by atoms with Crippen LogP contribution in [0.15, 0.2) is 47.4 Å². The fourth-order valence-corrected chi connectivity index (χ4v) is 3.08. The molecule has 112 valence electrons. The first-order chi connectivity index (χ1) is 10.1. The fraction of sp³-hybridized carbons (Fsp3) is 0.250. The van der Waals surface area contributed by atoms with E-state index in [1.807, 2.05) is 6.92 Å². The number of hydrogen-bond donors (Lipinski definition) is 1. The molecule has 0 aliphatic heterocycles. The van der Waals surface area contributed by atoms with Crippen molar-refractivity contribution in [2.24, 2.45) is 0 Å². The Morgan fingerprint density at radius 3 is 2.19 bits per heavy atom. The molecule has 0 aromatic heterocycles. The second-order valence-corrected chi connectivity index (χ2v) is 5.55. The molecule has 1 N–H and O–H groups in total. The molecule has 0 aliphatic carbocycles. The minimum Gasteiger partial charge on any atom is -0.309 e. The van der Waals surface area contributed by atoms with Crippen LogP contribution in [0.2, 0.25) is 0 Å². The molecule has 0 saturated heterocycles. The Labute approximate surface area is 126 Å². The van der Waals surface area contributed by atoms with Crippen molar-refractivity contribution in [3.05, 3.63) is 65.5 Å². The van der Waals surface area contributed by atoms with E-state index in [-0.39, 0.29) is 11.4 Å². The van der Waals surface area contributed by atoms with Crippen LogP contribution in [-0.2, 0) is 0 Å². The monoisotopic (exact) mass is 311 g/mol. The maximum atomic E-state index is 13.9. The topological polar surface area (TPSA) is 12.0 Å². The van der Waals surface area contributed by atoms with Gasteiger partial charge in [-0.25, -0.2) is 13.2 Å². The summed E-state index contributed by atoms with van der Waals surface area (Å²) in [6.07, 6.45) is 0. The van der Waals surface area contributed by atoms with Crippen LogP contribution in [0, 0.1) is 17.5 Å². The van der Waals surface area contributed by atoms with Crippen LogP contribution >= 0.6 is 11.8 Å². The van der Waals surface area contributed by atoms with Crippen LogP contribution in [0.5, 0.6) is 0 Å². The first kappa shape index (κ1) is 15.9. The standard InChI is InChI=1S/C16H16F3NS/c1-2-20-14(16-12(18)7-5-8-13(16)19)10-21-15-9-4-3-6-11(15)17/h3-9,14,20H,2,10H2,1H3. The van der Waals surface area contributed by atoms with E-state index in [4.69, 9.17) is 0 Å². The van der Waals surface area contributed by atoms with Crippen LogP contribution in [0.25, 0.3) is 0 Å². The average molecular weight is 311 g/mol. The van der Waals surface area contributed by atoms with Gasteiger partial charge in [-0.3, -0.25) is 0 Å². The third kappa shape index (κ3) is 4.02. The highest BCUT2D eigenvalue weighted by atomic mass is 32.2. The molecular weight excluding hydrogens is 295 g/mol. The summed E-state index contributed by atoms with van der Waals surface area (Å²) in [7, 11) is 0. The molecule has 0 spiro atoms. The quantitative estimate of drug-likeness (QED) is 0.786. The number of rotatable bonds is 6. The highest BCUT2D eigenvalue weighted by molar-refractivity contribution is 7.99. The van der Waals surface area contributed by atoms with Gasteiger partial charge in [-0.15, -0.1) is 11.8 Å². The van der Waals surface area contributed by atoms with E-state index in [0.29, 0.717) is 17.2 Å². The Balaban J connectivity index is 2.18. The number of hydrogen-bond acceptors (Lipinski definition) is 2. The van der Waals surface area contributed by atoms with Gasteiger partial charge in [0.25, 0.3) is 0 Å². The van der Waals surface area contributed by atoms with Gasteiger partial charge in [0.1, 0.15) is 17.5 Å². The zero-order valence-corrected chi connectivity index (χ0v) is 12.4. The van der Waals surface area contributed by atoms with Gasteiger partial charge in [-0.05, 0) is 30.8 Å². The molecule has 5 heteroatoms. The molecule has 2 aromatic carbocycles. The molecule has 0 saturated carbocycles. The second kappa shape index (κ2) is 7.52. The van der Waals surface area contributed by atoms with E-state index in [9.17, 15) is 13.2 Å². The van der Waals surface area contributed by atoms with Crippen molar-refractivity contribution in [1.29, 1.82) is 0 Å². The van der Waals surface area contributed by atoms with Crippen LogP contribution in [0.4, 0.5) is 13.2 Å². The van der Waals surface area contributed by atoms with Gasteiger partial charge in [-0.2, -0.15) is 0 Å². The largest absolute Gasteiger partial charge is 0.309 e. The summed E-state index contributed by atoms with van der Waals surface area (Å²) in [6.45, 7) is 2.43. The van der Waals surface area contributed by atoms with Crippen molar-refractivity contribution in [1.82, 2.24) is 5.32 Å². The summed E-state index contributed by atoms with van der Waals surface area (Å²) in [5, 5.41) is 3.05. The van der Waals surface area contributed by atoms with Crippen molar-refractivity contribution in [3.63, 3.8) is 0 Å². The third-order valence-electron chi connectivity index (χ3n) is 3.04. The fourth-order valence-electron chi connectivity index (χ4n) is 2.07. The summed E-state index contributed by atoms with van der Waals surface area (Å²) in [6, 6.07) is 9.65. The third-order valence-corrected chi connectivity index (χ3v) is 4.18. The zero-order valence-electron chi connectivity index (χ0n) is 11.6. The van der Waals surface area contributed by atoms with Gasteiger partial charge in [0.05, 0.1) is 0 Å². The summed E-state index contributed by atoms with van der Waals surface area (Å²) < 4.78 is 41.3. The molecule has 2 rings (SSSR count). The van der Waals surface area contributed by atoms with Gasteiger partial charge < -0.3 is 5.32 Å². The Morgan fingerprint density at radius 2 is 1.57 bits per heavy atom. The van der Waals surface area contributed by atoms with Gasteiger partial charge in [-0.1, -0.05) is 25.1 Å². The lowest BCUT2D eigenvalue weighted by Crippen LogP contribution is -2.25. The molecule has 0 fully saturated rings. The number of nitrogens with one attached hydrogen (secondary N) is 1. The second-order valence-electron chi connectivity index (χ2n) is 4.49. The van der Waals surface area contributed by atoms with E-state index >= 15 is 0 Å². The maximum absolute atomic E-state index is 13.9. The van der Waals surface area contributed by atoms with E-state index in [1.54, 1.807) is 18.2 Å². The minimum atomic E-state index is -0.588. The molecule has 1 nitrogen and oxygen atoms in total. The molecule has 0 aliphatic rings. The SMILES string of the molecule is CCNC(CSc1ccccc1F)c1c(F)cccc1F. The van der Waals surface area contributed by atoms with Crippen molar-refractivity contribution in [2.45, 2.75) is 17.9 Å². The molecule has 1 unspecified atom stereocenters. The van der Waals surface area contributed by atoms with E-state index in [2.05, 4.69) is 5.32 Å². The van der Waals surface area contributed by atoms with Gasteiger partial charge in [0.2, 0.25) is 0 Å². The molecule has 0 amide bonds. The Hall–Kier alpha value is -1.46. The lowest BCUT2D eigenvalue weighted by atomic mass is 10.1. The van der Waals surface area contributed by atoms with Gasteiger partial charge in [0.15, 0.2) is 0 Å². The smallest absolute Gasteiger partial charge is 0.136 e. The lowest BCUT2D eigenvalue weighted by Gasteiger charge is -2.19. The van der Waals surface area contributed by atoms with Gasteiger partial charge in [0, 0.05) is 22.3 Å². The van der Waals surface area contributed by atoms with E-state index < -0.39 is 17.7 Å². The normalized spacial score (nSPS) is 12.4. The molecule has 21 heavy (non-hydrogen) atoms. The first-order valence-electron chi connectivity index (χ1n) is 6.68. The summed E-state index contributed by atoms with van der Waals surface area (Å²) in [5.41, 5.74) is 0.00295. The van der Waals surface area contributed by atoms with Crippen molar-refractivity contribution >= 4 is 11.8 Å². The summed E-state index contributed by atoms with van der Waals surface area (Å²) in [5.74, 6) is -1.16. The zero-order chi connectivity index (χ0) is 15.2. The van der Waals surface area contributed by atoms with Crippen LogP contribution in [0.1, 0.15) is 18.5 Å². The van der Waals surface area contributed by atoms with Crippen LogP contribution in [-0.4, -0.2) is 12.3 Å². The van der Waals surface area contributed by atoms with Crippen LogP contribution < -0.4 is 5.32 Å². The Morgan fingerprint density at radius 1 is 0.952 bits per heavy atom. The van der Waals surface area contributed by atoms with Crippen molar-refractivity contribution < 1.29 is 13.2 Å². The number of halogens is 3. The maximum Gasteiger partial charge on any atom is 0.136 e. The molecule has 0 radical (unpaired) electrons.